The molecule has 0 bridgehead atoms. The molecule has 7 nitrogen and oxygen atoms in total. The number of aromatic nitrogens is 2. The van der Waals surface area contributed by atoms with E-state index in [0.29, 0.717) is 25.3 Å². The standard InChI is InChI=1S/C17H20N4O3/c22-15(13-11-19-14-3-1-2-8-21(14)16(13)23)20-9-10-24-17(12-20)4-6-18-7-5-17/h1-3,8,11,18H,4-7,9-10,12H2. The number of ether oxygens (including phenoxy) is 1. The summed E-state index contributed by atoms with van der Waals surface area (Å²) in [5.41, 5.74) is 0.0524. The van der Waals surface area contributed by atoms with Gasteiger partial charge < -0.3 is 15.0 Å². The number of carbonyl (C=O) groups excluding carboxylic acids is 1. The lowest BCUT2D eigenvalue weighted by Crippen LogP contribution is -2.57. The van der Waals surface area contributed by atoms with Gasteiger partial charge in [-0.05, 0) is 38.1 Å². The van der Waals surface area contributed by atoms with Gasteiger partial charge in [0.15, 0.2) is 0 Å². The molecule has 2 saturated heterocycles. The first-order valence-electron chi connectivity index (χ1n) is 8.29. The summed E-state index contributed by atoms with van der Waals surface area (Å²) in [6, 6.07) is 5.31. The summed E-state index contributed by atoms with van der Waals surface area (Å²) in [5, 5.41) is 3.31. The molecule has 0 aliphatic carbocycles. The van der Waals surface area contributed by atoms with Crippen molar-refractivity contribution in [2.75, 3.05) is 32.8 Å². The maximum Gasteiger partial charge on any atom is 0.270 e. The lowest BCUT2D eigenvalue weighted by molar-refractivity contribution is -0.114. The number of amides is 1. The quantitative estimate of drug-likeness (QED) is 0.814. The molecule has 1 amide bonds. The van der Waals surface area contributed by atoms with Crippen molar-refractivity contribution < 1.29 is 9.53 Å². The first-order valence-corrected chi connectivity index (χ1v) is 8.29. The molecule has 1 N–H and O–H groups in total. The van der Waals surface area contributed by atoms with Crippen LogP contribution in [0.4, 0.5) is 0 Å². The van der Waals surface area contributed by atoms with Gasteiger partial charge in [0.2, 0.25) is 0 Å². The highest BCUT2D eigenvalue weighted by atomic mass is 16.5. The molecule has 24 heavy (non-hydrogen) atoms. The fourth-order valence-corrected chi connectivity index (χ4v) is 3.55. The molecule has 0 radical (unpaired) electrons. The van der Waals surface area contributed by atoms with E-state index in [1.165, 1.54) is 10.6 Å². The maximum absolute atomic E-state index is 12.9. The van der Waals surface area contributed by atoms with Gasteiger partial charge >= 0.3 is 0 Å². The Balaban J connectivity index is 1.63. The largest absolute Gasteiger partial charge is 0.371 e. The second-order valence-electron chi connectivity index (χ2n) is 6.41. The van der Waals surface area contributed by atoms with E-state index in [2.05, 4.69) is 10.3 Å². The number of hydrogen-bond acceptors (Lipinski definition) is 5. The summed E-state index contributed by atoms with van der Waals surface area (Å²) in [7, 11) is 0. The predicted octanol–water partition coefficient (Wildman–Crippen LogP) is 0.289. The highest BCUT2D eigenvalue weighted by Gasteiger charge is 2.39. The van der Waals surface area contributed by atoms with Crippen LogP contribution in [0.2, 0.25) is 0 Å². The number of rotatable bonds is 1. The first kappa shape index (κ1) is 15.3. The fraction of sp³-hybridized carbons (Fsp3) is 0.471. The van der Waals surface area contributed by atoms with Crippen LogP contribution < -0.4 is 10.9 Å². The van der Waals surface area contributed by atoms with E-state index >= 15 is 0 Å². The minimum atomic E-state index is -0.323. The molecule has 2 aromatic heterocycles. The normalized spacial score (nSPS) is 20.4. The smallest absolute Gasteiger partial charge is 0.270 e. The van der Waals surface area contributed by atoms with Crippen LogP contribution in [0.15, 0.2) is 35.4 Å². The Morgan fingerprint density at radius 2 is 2.12 bits per heavy atom. The molecule has 2 aromatic rings. The Labute approximate surface area is 139 Å². The van der Waals surface area contributed by atoms with Gasteiger partial charge in [-0.1, -0.05) is 6.07 Å². The van der Waals surface area contributed by atoms with Crippen molar-refractivity contribution in [1.82, 2.24) is 19.6 Å². The third-order valence-electron chi connectivity index (χ3n) is 4.89. The third-order valence-corrected chi connectivity index (χ3v) is 4.89. The van der Waals surface area contributed by atoms with Crippen molar-refractivity contribution in [2.24, 2.45) is 0 Å². The molecule has 4 rings (SSSR count). The highest BCUT2D eigenvalue weighted by molar-refractivity contribution is 5.93. The molecule has 2 aliphatic rings. The zero-order chi connectivity index (χ0) is 16.6. The zero-order valence-corrected chi connectivity index (χ0v) is 13.4. The van der Waals surface area contributed by atoms with Crippen LogP contribution in [0.1, 0.15) is 23.2 Å². The molecule has 2 fully saturated rings. The van der Waals surface area contributed by atoms with Gasteiger partial charge in [-0.3, -0.25) is 14.0 Å². The third kappa shape index (κ3) is 2.59. The second-order valence-corrected chi connectivity index (χ2v) is 6.41. The fourth-order valence-electron chi connectivity index (χ4n) is 3.55. The number of hydrogen-bond donors (Lipinski definition) is 1. The average molecular weight is 328 g/mol. The van der Waals surface area contributed by atoms with E-state index < -0.39 is 0 Å². The van der Waals surface area contributed by atoms with Gasteiger partial charge in [0.05, 0.1) is 18.8 Å². The molecule has 0 atom stereocenters. The van der Waals surface area contributed by atoms with Gasteiger partial charge in [0.25, 0.3) is 11.5 Å². The van der Waals surface area contributed by atoms with E-state index in [1.807, 2.05) is 6.07 Å². The Morgan fingerprint density at radius 1 is 1.29 bits per heavy atom. The van der Waals surface area contributed by atoms with Crippen LogP contribution in [-0.4, -0.2) is 58.6 Å². The van der Waals surface area contributed by atoms with Crippen molar-refractivity contribution in [3.8, 4) is 0 Å². The van der Waals surface area contributed by atoms with Crippen molar-refractivity contribution >= 4 is 11.6 Å². The summed E-state index contributed by atoms with van der Waals surface area (Å²) in [6.45, 7) is 3.33. The monoisotopic (exact) mass is 328 g/mol. The van der Waals surface area contributed by atoms with Crippen molar-refractivity contribution in [2.45, 2.75) is 18.4 Å². The van der Waals surface area contributed by atoms with E-state index in [0.717, 1.165) is 25.9 Å². The van der Waals surface area contributed by atoms with Gasteiger partial charge in [0, 0.05) is 18.9 Å². The summed E-state index contributed by atoms with van der Waals surface area (Å²) in [4.78, 5) is 31.5. The molecule has 2 aliphatic heterocycles. The van der Waals surface area contributed by atoms with Crippen LogP contribution in [0.3, 0.4) is 0 Å². The van der Waals surface area contributed by atoms with Crippen LogP contribution >= 0.6 is 0 Å². The Kier molecular flexibility index (Phi) is 3.82. The lowest BCUT2D eigenvalue weighted by atomic mass is 9.90. The van der Waals surface area contributed by atoms with Crippen molar-refractivity contribution in [1.29, 1.82) is 0 Å². The van der Waals surface area contributed by atoms with Gasteiger partial charge in [-0.15, -0.1) is 0 Å². The highest BCUT2D eigenvalue weighted by Crippen LogP contribution is 2.28. The SMILES string of the molecule is O=C(c1cnc2ccccn2c1=O)N1CCOC2(CCNCC2)C1. The minimum Gasteiger partial charge on any atom is -0.371 e. The van der Waals surface area contributed by atoms with E-state index in [9.17, 15) is 9.59 Å². The maximum atomic E-state index is 12.9. The topological polar surface area (TPSA) is 75.9 Å². The molecule has 0 saturated carbocycles. The number of carbonyl (C=O) groups is 1. The summed E-state index contributed by atoms with van der Waals surface area (Å²) in [5.74, 6) is -0.257. The first-order chi connectivity index (χ1) is 11.7. The number of nitrogens with zero attached hydrogens (tertiary/aromatic N) is 3. The Hall–Kier alpha value is -2.25. The summed E-state index contributed by atoms with van der Waals surface area (Å²) >= 11 is 0. The van der Waals surface area contributed by atoms with Crippen molar-refractivity contribution in [3.05, 3.63) is 46.5 Å². The summed E-state index contributed by atoms with van der Waals surface area (Å²) < 4.78 is 7.40. The van der Waals surface area contributed by atoms with E-state index in [1.54, 1.807) is 23.2 Å². The molecule has 7 heteroatoms. The number of nitrogens with one attached hydrogen (secondary N) is 1. The Morgan fingerprint density at radius 3 is 2.96 bits per heavy atom. The number of fused-ring (bicyclic) bond motifs is 1. The molecular weight excluding hydrogens is 308 g/mol. The van der Waals surface area contributed by atoms with E-state index in [4.69, 9.17) is 4.74 Å². The molecule has 0 unspecified atom stereocenters. The minimum absolute atomic E-state index is 0.115. The zero-order valence-electron chi connectivity index (χ0n) is 13.4. The van der Waals surface area contributed by atoms with E-state index in [-0.39, 0.29) is 22.6 Å². The van der Waals surface area contributed by atoms with Crippen LogP contribution in [0.5, 0.6) is 0 Å². The van der Waals surface area contributed by atoms with Crippen molar-refractivity contribution in [3.63, 3.8) is 0 Å². The number of piperidine rings is 1. The number of morpholine rings is 1. The second kappa shape index (κ2) is 5.99. The lowest BCUT2D eigenvalue weighted by Gasteiger charge is -2.45. The molecule has 4 heterocycles. The van der Waals surface area contributed by atoms with Gasteiger partial charge in [-0.25, -0.2) is 4.98 Å². The van der Waals surface area contributed by atoms with Gasteiger partial charge in [0.1, 0.15) is 11.2 Å². The molecule has 1 spiro atoms. The Bertz CT molecular complexity index is 820. The van der Waals surface area contributed by atoms with Crippen LogP contribution in [0.25, 0.3) is 5.65 Å². The molecule has 0 aromatic carbocycles. The van der Waals surface area contributed by atoms with Gasteiger partial charge in [-0.2, -0.15) is 0 Å². The predicted molar refractivity (Wildman–Crippen MR) is 88.2 cm³/mol. The van der Waals surface area contributed by atoms with Crippen LogP contribution in [-0.2, 0) is 4.74 Å². The van der Waals surface area contributed by atoms with Crippen LogP contribution in [0, 0.1) is 0 Å². The average Bonchev–Trinajstić information content (AvgIpc) is 2.62. The molecular formula is C17H20N4O3. The summed E-state index contributed by atoms with van der Waals surface area (Å²) in [6.07, 6.45) is 4.79. The molecule has 126 valence electrons. The number of pyridine rings is 1.